The van der Waals surface area contributed by atoms with Gasteiger partial charge in [-0.15, -0.1) is 0 Å². The van der Waals surface area contributed by atoms with Crippen molar-refractivity contribution in [3.05, 3.63) is 28.8 Å². The van der Waals surface area contributed by atoms with E-state index in [4.69, 9.17) is 21.1 Å². The molecule has 0 radical (unpaired) electrons. The Labute approximate surface area is 130 Å². The highest BCUT2D eigenvalue weighted by Crippen LogP contribution is 2.25. The Hall–Kier alpha value is -1.30. The predicted molar refractivity (Wildman–Crippen MR) is 82.9 cm³/mol. The van der Waals surface area contributed by atoms with Gasteiger partial charge in [-0.3, -0.25) is 4.79 Å². The number of hydrogen-bond acceptors (Lipinski definition) is 4. The quantitative estimate of drug-likeness (QED) is 0.932. The molecule has 1 amide bonds. The summed E-state index contributed by atoms with van der Waals surface area (Å²) >= 11 is 6.04. The van der Waals surface area contributed by atoms with Crippen LogP contribution in [-0.4, -0.2) is 49.9 Å². The highest BCUT2D eigenvalue weighted by Gasteiger charge is 2.29. The van der Waals surface area contributed by atoms with E-state index >= 15 is 0 Å². The van der Waals surface area contributed by atoms with Crippen LogP contribution in [0.4, 0.5) is 5.69 Å². The summed E-state index contributed by atoms with van der Waals surface area (Å²) < 4.78 is 11.2. The number of ether oxygens (including phenoxy) is 2. The monoisotopic (exact) mass is 312 g/mol. The fourth-order valence-electron chi connectivity index (χ4n) is 2.06. The fraction of sp³-hybridized carbons (Fsp3) is 0.533. The number of rotatable bonds is 3. The van der Waals surface area contributed by atoms with Gasteiger partial charge in [-0.1, -0.05) is 11.6 Å². The number of nitrogens with one attached hydrogen (secondary N) is 1. The predicted octanol–water partition coefficient (Wildman–Crippen LogP) is 2.61. The molecule has 1 fully saturated rings. The van der Waals surface area contributed by atoms with Crippen LogP contribution in [0.2, 0.25) is 5.02 Å². The van der Waals surface area contributed by atoms with Crippen molar-refractivity contribution in [3.8, 4) is 0 Å². The van der Waals surface area contributed by atoms with E-state index in [1.54, 1.807) is 32.3 Å². The largest absolute Gasteiger partial charge is 0.377 e. The molecule has 6 heteroatoms. The van der Waals surface area contributed by atoms with Crippen molar-refractivity contribution in [2.24, 2.45) is 0 Å². The zero-order valence-electron chi connectivity index (χ0n) is 12.8. The summed E-state index contributed by atoms with van der Waals surface area (Å²) in [5, 5.41) is 3.86. The third kappa shape index (κ3) is 4.09. The maximum Gasteiger partial charge on any atom is 0.255 e. The lowest BCUT2D eigenvalue weighted by molar-refractivity contribution is -0.247. The molecule has 0 bridgehead atoms. The smallest absolute Gasteiger partial charge is 0.255 e. The second-order valence-corrected chi connectivity index (χ2v) is 6.19. The van der Waals surface area contributed by atoms with Crippen molar-refractivity contribution in [2.45, 2.75) is 25.7 Å². The molecule has 1 aromatic rings. The number of carbonyl (C=O) groups is 1. The van der Waals surface area contributed by atoms with Gasteiger partial charge in [0, 0.05) is 24.8 Å². The van der Waals surface area contributed by atoms with E-state index in [9.17, 15) is 4.79 Å². The topological polar surface area (TPSA) is 50.8 Å². The molecular weight excluding hydrogens is 292 g/mol. The van der Waals surface area contributed by atoms with Gasteiger partial charge in [-0.05, 0) is 32.0 Å². The average Bonchev–Trinajstić information content (AvgIpc) is 2.40. The van der Waals surface area contributed by atoms with E-state index in [2.05, 4.69) is 5.32 Å². The Bertz CT molecular complexity index is 522. The lowest BCUT2D eigenvalue weighted by Crippen LogP contribution is -2.45. The van der Waals surface area contributed by atoms with E-state index in [1.807, 2.05) is 13.8 Å². The van der Waals surface area contributed by atoms with Gasteiger partial charge in [0.25, 0.3) is 5.91 Å². The third-order valence-electron chi connectivity index (χ3n) is 3.24. The zero-order chi connectivity index (χ0) is 15.6. The summed E-state index contributed by atoms with van der Waals surface area (Å²) in [6.45, 7) is 4.78. The molecular formula is C15H21ClN2O3. The Morgan fingerprint density at radius 2 is 1.95 bits per heavy atom. The summed E-state index contributed by atoms with van der Waals surface area (Å²) in [6.07, 6.45) is 0. The maximum atomic E-state index is 12.2. The van der Waals surface area contributed by atoms with Crippen molar-refractivity contribution in [3.63, 3.8) is 0 Å². The summed E-state index contributed by atoms with van der Waals surface area (Å²) in [5.41, 5.74) is 1.27. The molecule has 1 aromatic carbocycles. The van der Waals surface area contributed by atoms with E-state index in [-0.39, 0.29) is 11.9 Å². The van der Waals surface area contributed by atoms with E-state index in [1.165, 1.54) is 4.90 Å². The standard InChI is InChI=1S/C15H21ClN2O3/c1-15(2)20-8-11(9-21-15)17-13-7-10(16)5-6-12(13)14(19)18(3)4/h5-7,11,17H,8-9H2,1-4H3. The number of halogens is 1. The summed E-state index contributed by atoms with van der Waals surface area (Å²) in [6, 6.07) is 5.16. The Balaban J connectivity index is 2.16. The molecule has 0 unspecified atom stereocenters. The third-order valence-corrected chi connectivity index (χ3v) is 3.48. The van der Waals surface area contributed by atoms with Gasteiger partial charge in [0.2, 0.25) is 0 Å². The van der Waals surface area contributed by atoms with Gasteiger partial charge in [-0.2, -0.15) is 0 Å². The van der Waals surface area contributed by atoms with Gasteiger partial charge in [0.1, 0.15) is 0 Å². The van der Waals surface area contributed by atoms with Crippen molar-refractivity contribution in [1.82, 2.24) is 4.90 Å². The van der Waals surface area contributed by atoms with E-state index in [0.29, 0.717) is 29.5 Å². The molecule has 5 nitrogen and oxygen atoms in total. The molecule has 0 atom stereocenters. The summed E-state index contributed by atoms with van der Waals surface area (Å²) in [7, 11) is 3.44. The van der Waals surface area contributed by atoms with Gasteiger partial charge in [0.15, 0.2) is 5.79 Å². The number of nitrogens with zero attached hydrogens (tertiary/aromatic N) is 1. The van der Waals surface area contributed by atoms with E-state index < -0.39 is 5.79 Å². The van der Waals surface area contributed by atoms with Crippen LogP contribution in [0.25, 0.3) is 0 Å². The first-order valence-corrected chi connectivity index (χ1v) is 7.22. The molecule has 0 spiro atoms. The lowest BCUT2D eigenvalue weighted by atomic mass is 10.1. The molecule has 0 saturated carbocycles. The number of benzene rings is 1. The highest BCUT2D eigenvalue weighted by atomic mass is 35.5. The second-order valence-electron chi connectivity index (χ2n) is 5.75. The minimum Gasteiger partial charge on any atom is -0.377 e. The van der Waals surface area contributed by atoms with Crippen LogP contribution in [0.3, 0.4) is 0 Å². The summed E-state index contributed by atoms with van der Waals surface area (Å²) in [4.78, 5) is 13.7. The molecule has 21 heavy (non-hydrogen) atoms. The number of hydrogen-bond donors (Lipinski definition) is 1. The highest BCUT2D eigenvalue weighted by molar-refractivity contribution is 6.31. The van der Waals surface area contributed by atoms with Crippen LogP contribution in [0.15, 0.2) is 18.2 Å². The lowest BCUT2D eigenvalue weighted by Gasteiger charge is -2.35. The molecule has 1 N–H and O–H groups in total. The van der Waals surface area contributed by atoms with Crippen LogP contribution in [0, 0.1) is 0 Å². The second kappa shape index (κ2) is 6.22. The fourth-order valence-corrected chi connectivity index (χ4v) is 2.23. The maximum absolute atomic E-state index is 12.2. The first-order valence-electron chi connectivity index (χ1n) is 6.84. The number of anilines is 1. The summed E-state index contributed by atoms with van der Waals surface area (Å²) in [5.74, 6) is -0.637. The molecule has 0 aromatic heterocycles. The molecule has 1 saturated heterocycles. The minimum atomic E-state index is -0.561. The SMILES string of the molecule is CN(C)C(=O)c1ccc(Cl)cc1NC1COC(C)(C)OC1. The minimum absolute atomic E-state index is 0.0230. The Morgan fingerprint density at radius 3 is 2.52 bits per heavy atom. The number of carbonyl (C=O) groups excluding carboxylic acids is 1. The molecule has 1 aliphatic heterocycles. The van der Waals surface area contributed by atoms with Crippen molar-refractivity contribution in [2.75, 3.05) is 32.6 Å². The van der Waals surface area contributed by atoms with Crippen LogP contribution < -0.4 is 5.32 Å². The molecule has 1 aliphatic rings. The Kier molecular flexibility index (Phi) is 4.76. The molecule has 1 heterocycles. The van der Waals surface area contributed by atoms with Gasteiger partial charge in [-0.25, -0.2) is 0 Å². The molecule has 116 valence electrons. The number of amides is 1. The van der Waals surface area contributed by atoms with E-state index in [0.717, 1.165) is 0 Å². The van der Waals surface area contributed by atoms with Crippen LogP contribution in [-0.2, 0) is 9.47 Å². The molecule has 0 aliphatic carbocycles. The van der Waals surface area contributed by atoms with Crippen LogP contribution in [0.1, 0.15) is 24.2 Å². The van der Waals surface area contributed by atoms with Crippen molar-refractivity contribution >= 4 is 23.2 Å². The first kappa shape index (κ1) is 16.1. The van der Waals surface area contributed by atoms with Crippen LogP contribution in [0.5, 0.6) is 0 Å². The van der Waals surface area contributed by atoms with Crippen molar-refractivity contribution < 1.29 is 14.3 Å². The van der Waals surface area contributed by atoms with Crippen LogP contribution >= 0.6 is 11.6 Å². The Morgan fingerprint density at radius 1 is 1.33 bits per heavy atom. The van der Waals surface area contributed by atoms with Gasteiger partial charge < -0.3 is 19.7 Å². The van der Waals surface area contributed by atoms with Gasteiger partial charge in [0.05, 0.1) is 24.8 Å². The van der Waals surface area contributed by atoms with Crippen molar-refractivity contribution in [1.29, 1.82) is 0 Å². The average molecular weight is 313 g/mol. The molecule has 2 rings (SSSR count). The zero-order valence-corrected chi connectivity index (χ0v) is 13.5. The first-order chi connectivity index (χ1) is 9.78. The van der Waals surface area contributed by atoms with Gasteiger partial charge >= 0.3 is 0 Å². The normalized spacial score (nSPS) is 18.3.